The van der Waals surface area contributed by atoms with Gasteiger partial charge in [-0.2, -0.15) is 0 Å². The van der Waals surface area contributed by atoms with Gasteiger partial charge in [-0.1, -0.05) is 48.5 Å². The first-order valence-electron chi connectivity index (χ1n) is 9.03. The second-order valence-corrected chi connectivity index (χ2v) is 6.71. The Morgan fingerprint density at radius 3 is 2.54 bits per heavy atom. The quantitative estimate of drug-likeness (QED) is 0.658. The summed E-state index contributed by atoms with van der Waals surface area (Å²) < 4.78 is 0. The molecular weight excluding hydrogens is 322 g/mol. The molecule has 26 heavy (non-hydrogen) atoms. The van der Waals surface area contributed by atoms with Gasteiger partial charge in [-0.3, -0.25) is 4.79 Å². The summed E-state index contributed by atoms with van der Waals surface area (Å²) in [6, 6.07) is 19.8. The van der Waals surface area contributed by atoms with Crippen LogP contribution in [-0.2, 0) is 0 Å². The molecule has 1 amide bonds. The minimum absolute atomic E-state index is 0.0573. The second kappa shape index (κ2) is 8.59. The second-order valence-electron chi connectivity index (χ2n) is 6.71. The standard InChI is InChI=1S/C22H25N3O/c1-25(2)16-7-6-15-23-22(26)19-12-8-11-18-13-14-20(24-21(18)19)17-9-4-3-5-10-17/h3-5,8-14H,6-7,15-16H2,1-2H3,(H,23,26). The molecule has 1 aromatic heterocycles. The van der Waals surface area contributed by atoms with Crippen LogP contribution < -0.4 is 5.32 Å². The molecule has 4 nitrogen and oxygen atoms in total. The lowest BCUT2D eigenvalue weighted by Gasteiger charge is -2.11. The van der Waals surface area contributed by atoms with Gasteiger partial charge in [0.15, 0.2) is 0 Å². The fraction of sp³-hybridized carbons (Fsp3) is 0.273. The number of carbonyl (C=O) groups is 1. The third kappa shape index (κ3) is 4.46. The number of nitrogens with one attached hydrogen (secondary N) is 1. The number of rotatable bonds is 7. The van der Waals surface area contributed by atoms with E-state index in [1.807, 2.05) is 60.7 Å². The van der Waals surface area contributed by atoms with E-state index in [1.165, 1.54) is 0 Å². The Hall–Kier alpha value is -2.72. The van der Waals surface area contributed by atoms with Crippen molar-refractivity contribution < 1.29 is 4.79 Å². The topological polar surface area (TPSA) is 45.2 Å². The zero-order chi connectivity index (χ0) is 18.4. The van der Waals surface area contributed by atoms with Crippen LogP contribution in [0.25, 0.3) is 22.2 Å². The summed E-state index contributed by atoms with van der Waals surface area (Å²) in [5.74, 6) is -0.0573. The normalized spacial score (nSPS) is 11.0. The Kier molecular flexibility index (Phi) is 5.97. The van der Waals surface area contributed by atoms with Crippen molar-refractivity contribution in [2.45, 2.75) is 12.8 Å². The zero-order valence-corrected chi connectivity index (χ0v) is 15.4. The van der Waals surface area contributed by atoms with Crippen molar-refractivity contribution in [2.75, 3.05) is 27.2 Å². The Morgan fingerprint density at radius 2 is 1.77 bits per heavy atom. The van der Waals surface area contributed by atoms with Gasteiger partial charge in [0.25, 0.3) is 5.91 Å². The molecule has 4 heteroatoms. The van der Waals surface area contributed by atoms with E-state index in [0.29, 0.717) is 12.1 Å². The molecule has 0 spiro atoms. The Bertz CT molecular complexity index is 875. The molecule has 0 atom stereocenters. The third-order valence-corrected chi connectivity index (χ3v) is 4.35. The Labute approximate surface area is 154 Å². The first kappa shape index (κ1) is 18.1. The zero-order valence-electron chi connectivity index (χ0n) is 15.4. The van der Waals surface area contributed by atoms with Gasteiger partial charge in [-0.25, -0.2) is 4.98 Å². The molecule has 0 saturated heterocycles. The highest BCUT2D eigenvalue weighted by Crippen LogP contribution is 2.23. The molecular formula is C22H25N3O. The average Bonchev–Trinajstić information content (AvgIpc) is 2.67. The monoisotopic (exact) mass is 347 g/mol. The van der Waals surface area contributed by atoms with Crippen molar-refractivity contribution in [3.8, 4) is 11.3 Å². The fourth-order valence-electron chi connectivity index (χ4n) is 2.95. The van der Waals surface area contributed by atoms with Gasteiger partial charge in [-0.15, -0.1) is 0 Å². The molecule has 3 aromatic rings. The van der Waals surface area contributed by atoms with Gasteiger partial charge in [-0.05, 0) is 45.6 Å². The van der Waals surface area contributed by atoms with Gasteiger partial charge >= 0.3 is 0 Å². The molecule has 134 valence electrons. The van der Waals surface area contributed by atoms with E-state index in [0.717, 1.165) is 41.5 Å². The largest absolute Gasteiger partial charge is 0.352 e. The number of pyridine rings is 1. The first-order valence-corrected chi connectivity index (χ1v) is 9.03. The maximum absolute atomic E-state index is 12.6. The van der Waals surface area contributed by atoms with Gasteiger partial charge in [0, 0.05) is 17.5 Å². The Balaban J connectivity index is 1.78. The van der Waals surface area contributed by atoms with E-state index in [9.17, 15) is 4.79 Å². The lowest BCUT2D eigenvalue weighted by Crippen LogP contribution is -2.25. The van der Waals surface area contributed by atoms with Crippen molar-refractivity contribution in [1.29, 1.82) is 0 Å². The predicted molar refractivity (Wildman–Crippen MR) is 107 cm³/mol. The summed E-state index contributed by atoms with van der Waals surface area (Å²) in [4.78, 5) is 19.6. The van der Waals surface area contributed by atoms with E-state index in [4.69, 9.17) is 4.98 Å². The molecule has 1 heterocycles. The number of benzene rings is 2. The summed E-state index contributed by atoms with van der Waals surface area (Å²) in [7, 11) is 4.12. The van der Waals surface area contributed by atoms with E-state index in [1.54, 1.807) is 0 Å². The van der Waals surface area contributed by atoms with Crippen LogP contribution in [-0.4, -0.2) is 43.0 Å². The van der Waals surface area contributed by atoms with Crippen LogP contribution in [0.3, 0.4) is 0 Å². The average molecular weight is 347 g/mol. The maximum Gasteiger partial charge on any atom is 0.253 e. The van der Waals surface area contributed by atoms with Crippen LogP contribution in [0.5, 0.6) is 0 Å². The number of carbonyl (C=O) groups excluding carboxylic acids is 1. The van der Waals surface area contributed by atoms with Crippen LogP contribution in [0, 0.1) is 0 Å². The number of unbranched alkanes of at least 4 members (excludes halogenated alkanes) is 1. The molecule has 1 N–H and O–H groups in total. The smallest absolute Gasteiger partial charge is 0.253 e. The molecule has 0 saturated carbocycles. The number of hydrogen-bond acceptors (Lipinski definition) is 3. The van der Waals surface area contributed by atoms with Crippen molar-refractivity contribution in [2.24, 2.45) is 0 Å². The van der Waals surface area contributed by atoms with Crippen LogP contribution in [0.15, 0.2) is 60.7 Å². The number of fused-ring (bicyclic) bond motifs is 1. The van der Waals surface area contributed by atoms with Crippen LogP contribution in [0.4, 0.5) is 0 Å². The van der Waals surface area contributed by atoms with Crippen molar-refractivity contribution >= 4 is 16.8 Å². The van der Waals surface area contributed by atoms with E-state index in [2.05, 4.69) is 24.3 Å². The molecule has 2 aromatic carbocycles. The number of hydrogen-bond donors (Lipinski definition) is 1. The highest BCUT2D eigenvalue weighted by molar-refractivity contribution is 6.05. The summed E-state index contributed by atoms with van der Waals surface area (Å²) in [5, 5.41) is 4.00. The van der Waals surface area contributed by atoms with E-state index >= 15 is 0 Å². The number of amides is 1. The maximum atomic E-state index is 12.6. The molecule has 0 aliphatic carbocycles. The van der Waals surface area contributed by atoms with Gasteiger partial charge in [0.05, 0.1) is 16.8 Å². The van der Waals surface area contributed by atoms with Crippen LogP contribution >= 0.6 is 0 Å². The summed E-state index contributed by atoms with van der Waals surface area (Å²) in [6.45, 7) is 1.72. The molecule has 0 aliphatic heterocycles. The molecule has 0 unspecified atom stereocenters. The van der Waals surface area contributed by atoms with Gasteiger partial charge in [0.2, 0.25) is 0 Å². The lowest BCUT2D eigenvalue weighted by molar-refractivity contribution is 0.0954. The SMILES string of the molecule is CN(C)CCCCNC(=O)c1cccc2ccc(-c3ccccc3)nc12. The fourth-order valence-corrected chi connectivity index (χ4v) is 2.95. The molecule has 0 radical (unpaired) electrons. The first-order chi connectivity index (χ1) is 12.6. The van der Waals surface area contributed by atoms with Crippen molar-refractivity contribution in [3.05, 3.63) is 66.2 Å². The summed E-state index contributed by atoms with van der Waals surface area (Å²) in [5.41, 5.74) is 3.31. The summed E-state index contributed by atoms with van der Waals surface area (Å²) in [6.07, 6.45) is 2.04. The van der Waals surface area contributed by atoms with Crippen molar-refractivity contribution in [1.82, 2.24) is 15.2 Å². The van der Waals surface area contributed by atoms with E-state index in [-0.39, 0.29) is 5.91 Å². The number of para-hydroxylation sites is 1. The van der Waals surface area contributed by atoms with E-state index < -0.39 is 0 Å². The van der Waals surface area contributed by atoms with Gasteiger partial charge < -0.3 is 10.2 Å². The van der Waals surface area contributed by atoms with Crippen LogP contribution in [0.1, 0.15) is 23.2 Å². The minimum atomic E-state index is -0.0573. The highest BCUT2D eigenvalue weighted by Gasteiger charge is 2.11. The third-order valence-electron chi connectivity index (χ3n) is 4.35. The summed E-state index contributed by atoms with van der Waals surface area (Å²) >= 11 is 0. The Morgan fingerprint density at radius 1 is 0.962 bits per heavy atom. The number of nitrogens with zero attached hydrogens (tertiary/aromatic N) is 2. The molecule has 0 bridgehead atoms. The minimum Gasteiger partial charge on any atom is -0.352 e. The molecule has 0 fully saturated rings. The molecule has 3 rings (SSSR count). The lowest BCUT2D eigenvalue weighted by atomic mass is 10.1. The highest BCUT2D eigenvalue weighted by atomic mass is 16.1. The molecule has 0 aliphatic rings. The number of aromatic nitrogens is 1. The van der Waals surface area contributed by atoms with Gasteiger partial charge in [0.1, 0.15) is 0 Å². The predicted octanol–water partition coefficient (Wildman–Crippen LogP) is 3.97. The van der Waals surface area contributed by atoms with Crippen molar-refractivity contribution in [3.63, 3.8) is 0 Å². The van der Waals surface area contributed by atoms with Crippen LogP contribution in [0.2, 0.25) is 0 Å².